The van der Waals surface area contributed by atoms with E-state index in [0.717, 1.165) is 72.0 Å². The van der Waals surface area contributed by atoms with Crippen LogP contribution in [0.2, 0.25) is 0 Å². The van der Waals surface area contributed by atoms with Crippen molar-refractivity contribution in [3.8, 4) is 22.5 Å². The van der Waals surface area contributed by atoms with E-state index in [1.807, 2.05) is 35.9 Å². The number of furan rings is 1. The summed E-state index contributed by atoms with van der Waals surface area (Å²) in [5.41, 5.74) is 10.5. The fraction of sp³-hybridized carbons (Fsp3) is 0. The maximum atomic E-state index is 6.39. The first-order valence-corrected chi connectivity index (χ1v) is 18.2. The lowest BCUT2D eigenvalue weighted by Gasteiger charge is -2.08. The molecule has 52 heavy (non-hydrogen) atoms. The number of aromatic nitrogens is 4. The molecule has 0 fully saturated rings. The highest BCUT2D eigenvalue weighted by Gasteiger charge is 2.17. The van der Waals surface area contributed by atoms with E-state index in [4.69, 9.17) is 14.4 Å². The third-order valence-corrected chi connectivity index (χ3v) is 11.8. The van der Waals surface area contributed by atoms with Crippen molar-refractivity contribution in [3.05, 3.63) is 158 Å². The first-order valence-electron chi connectivity index (χ1n) is 17.4. The predicted octanol–water partition coefficient (Wildman–Crippen LogP) is 12.6. The number of rotatable bonds is 3. The lowest BCUT2D eigenvalue weighted by atomic mass is 10.0. The van der Waals surface area contributed by atoms with Crippen molar-refractivity contribution in [1.82, 2.24) is 19.1 Å². The van der Waals surface area contributed by atoms with Gasteiger partial charge in [-0.25, -0.2) is 9.97 Å². The molecular weight excluding hydrogens is 657 g/mol. The van der Waals surface area contributed by atoms with Crippen molar-refractivity contribution < 1.29 is 4.42 Å². The van der Waals surface area contributed by atoms with Gasteiger partial charge in [-0.1, -0.05) is 48.5 Å². The lowest BCUT2D eigenvalue weighted by Crippen LogP contribution is -1.94. The van der Waals surface area contributed by atoms with Gasteiger partial charge in [0.1, 0.15) is 22.5 Å². The normalized spacial score (nSPS) is 12.2. The summed E-state index contributed by atoms with van der Waals surface area (Å²) in [5, 5.41) is 9.41. The Labute approximate surface area is 300 Å². The summed E-state index contributed by atoms with van der Waals surface area (Å²) in [6, 6.07) is 52.1. The van der Waals surface area contributed by atoms with Gasteiger partial charge in [0, 0.05) is 76.3 Å². The summed E-state index contributed by atoms with van der Waals surface area (Å²) in [4.78, 5) is 9.62. The summed E-state index contributed by atoms with van der Waals surface area (Å²) in [5.74, 6) is 0. The van der Waals surface area contributed by atoms with Gasteiger partial charge in [-0.15, -0.1) is 11.3 Å². The molecule has 0 saturated carbocycles. The second-order valence-electron chi connectivity index (χ2n) is 13.4. The van der Waals surface area contributed by atoms with Crippen LogP contribution < -0.4 is 0 Å². The van der Waals surface area contributed by atoms with Gasteiger partial charge in [0.25, 0.3) is 0 Å². The Balaban J connectivity index is 1.02. The Kier molecular flexibility index (Phi) is 5.59. The smallest absolute Gasteiger partial charge is 0.145 e. The maximum Gasteiger partial charge on any atom is 0.145 e. The Morgan fingerprint density at radius 1 is 0.404 bits per heavy atom. The topological polar surface area (TPSA) is 48.8 Å². The second kappa shape index (κ2) is 10.4. The molecule has 6 aromatic carbocycles. The van der Waals surface area contributed by atoms with Crippen LogP contribution in [-0.4, -0.2) is 19.1 Å². The molecular formula is C46H26N4OS. The molecule has 6 heteroatoms. The van der Waals surface area contributed by atoms with Crippen molar-refractivity contribution in [1.29, 1.82) is 0 Å². The van der Waals surface area contributed by atoms with Crippen molar-refractivity contribution in [3.63, 3.8) is 0 Å². The Bertz CT molecular complexity index is 3100. The van der Waals surface area contributed by atoms with E-state index in [1.54, 1.807) is 0 Å². The van der Waals surface area contributed by atoms with Crippen molar-refractivity contribution in [2.75, 3.05) is 0 Å². The van der Waals surface area contributed by atoms with Gasteiger partial charge in [-0.2, -0.15) is 0 Å². The number of fused-ring (bicyclic) bond motifs is 12. The highest BCUT2D eigenvalue weighted by molar-refractivity contribution is 7.25. The molecule has 12 rings (SSSR count). The maximum absolute atomic E-state index is 6.39. The predicted molar refractivity (Wildman–Crippen MR) is 216 cm³/mol. The zero-order valence-electron chi connectivity index (χ0n) is 27.6. The van der Waals surface area contributed by atoms with Gasteiger partial charge >= 0.3 is 0 Å². The molecule has 0 spiro atoms. The molecule has 5 nitrogen and oxygen atoms in total. The van der Waals surface area contributed by atoms with Gasteiger partial charge in [-0.05, 0) is 108 Å². The molecule has 12 aromatic rings. The number of nitrogens with zero attached hydrogens (tertiary/aromatic N) is 4. The van der Waals surface area contributed by atoms with Crippen LogP contribution in [0.25, 0.3) is 108 Å². The molecule has 0 aliphatic rings. The standard InChI is InChI=1S/C46H26N4OS/c1-3-11-39-31(7-1)33-9-5-21-47-45(33)49(39)29-15-18-42-36(25-29)35-23-27(13-17-41(35)51-42)28-14-19-43-37(24-28)38-26-30(16-20-44(38)52-43)50-40-12-4-2-8-32(40)34-10-6-22-48-46(34)50/h1-26H. The number of benzene rings is 6. The zero-order chi connectivity index (χ0) is 33.9. The fourth-order valence-electron chi connectivity index (χ4n) is 8.28. The summed E-state index contributed by atoms with van der Waals surface area (Å²) < 4.78 is 13.5. The van der Waals surface area contributed by atoms with Crippen LogP contribution in [0.15, 0.2) is 162 Å². The number of hydrogen-bond acceptors (Lipinski definition) is 4. The van der Waals surface area contributed by atoms with Crippen molar-refractivity contribution in [2.24, 2.45) is 0 Å². The van der Waals surface area contributed by atoms with E-state index < -0.39 is 0 Å². The van der Waals surface area contributed by atoms with Crippen LogP contribution in [0.3, 0.4) is 0 Å². The van der Waals surface area contributed by atoms with Crippen molar-refractivity contribution in [2.45, 2.75) is 0 Å². The number of para-hydroxylation sites is 2. The van der Waals surface area contributed by atoms with Gasteiger partial charge in [0.2, 0.25) is 0 Å². The number of pyridine rings is 2. The molecule has 6 aromatic heterocycles. The minimum absolute atomic E-state index is 0.871. The van der Waals surface area contributed by atoms with Gasteiger partial charge in [0.05, 0.1) is 11.0 Å². The minimum atomic E-state index is 0.871. The second-order valence-corrected chi connectivity index (χ2v) is 14.5. The molecule has 0 unspecified atom stereocenters. The van der Waals surface area contributed by atoms with Crippen LogP contribution in [0.5, 0.6) is 0 Å². The molecule has 0 radical (unpaired) electrons. The molecule has 6 heterocycles. The average Bonchev–Trinajstić information content (AvgIpc) is 3.94. The van der Waals surface area contributed by atoms with E-state index in [9.17, 15) is 0 Å². The Hall–Kier alpha value is -6.76. The van der Waals surface area contributed by atoms with Crippen LogP contribution >= 0.6 is 11.3 Å². The quantitative estimate of drug-likeness (QED) is 0.186. The Morgan fingerprint density at radius 3 is 1.56 bits per heavy atom. The van der Waals surface area contributed by atoms with E-state index in [2.05, 4.69) is 143 Å². The van der Waals surface area contributed by atoms with Crippen LogP contribution in [0.4, 0.5) is 0 Å². The largest absolute Gasteiger partial charge is 0.456 e. The monoisotopic (exact) mass is 682 g/mol. The first-order chi connectivity index (χ1) is 25.8. The average molecular weight is 683 g/mol. The molecule has 0 saturated heterocycles. The van der Waals surface area contributed by atoms with Crippen LogP contribution in [0, 0.1) is 0 Å². The first kappa shape index (κ1) is 28.0. The summed E-state index contributed by atoms with van der Waals surface area (Å²) in [6.07, 6.45) is 3.75. The SMILES string of the molecule is c1ccc2c(c1)c1cccnc1n2-c1ccc2oc3ccc(-c4ccc5sc6ccc(-n7c8ccccc8c8cccnc87)cc6c5c4)cc3c2c1. The molecule has 0 aliphatic heterocycles. The molecule has 0 aliphatic carbocycles. The molecule has 0 atom stereocenters. The third-order valence-electron chi connectivity index (χ3n) is 10.6. The molecule has 242 valence electrons. The highest BCUT2D eigenvalue weighted by Crippen LogP contribution is 2.41. The summed E-state index contributed by atoms with van der Waals surface area (Å²) in [6.45, 7) is 0. The molecule has 0 N–H and O–H groups in total. The van der Waals surface area contributed by atoms with Crippen molar-refractivity contribution >= 4 is 97.3 Å². The summed E-state index contributed by atoms with van der Waals surface area (Å²) >= 11 is 1.84. The summed E-state index contributed by atoms with van der Waals surface area (Å²) in [7, 11) is 0. The van der Waals surface area contributed by atoms with Gasteiger partial charge in [-0.3, -0.25) is 9.13 Å². The number of hydrogen-bond donors (Lipinski definition) is 0. The van der Waals surface area contributed by atoms with Gasteiger partial charge < -0.3 is 4.42 Å². The number of thiophene rings is 1. The van der Waals surface area contributed by atoms with Gasteiger partial charge in [0.15, 0.2) is 0 Å². The lowest BCUT2D eigenvalue weighted by molar-refractivity contribution is 0.669. The molecule has 0 bridgehead atoms. The van der Waals surface area contributed by atoms with Crippen LogP contribution in [0.1, 0.15) is 0 Å². The van der Waals surface area contributed by atoms with E-state index in [-0.39, 0.29) is 0 Å². The van der Waals surface area contributed by atoms with E-state index >= 15 is 0 Å². The fourth-order valence-corrected chi connectivity index (χ4v) is 9.35. The van der Waals surface area contributed by atoms with Crippen LogP contribution in [-0.2, 0) is 0 Å². The minimum Gasteiger partial charge on any atom is -0.456 e. The highest BCUT2D eigenvalue weighted by atomic mass is 32.1. The third kappa shape index (κ3) is 3.87. The molecule has 0 amide bonds. The Morgan fingerprint density at radius 2 is 0.885 bits per heavy atom. The van der Waals surface area contributed by atoms with E-state index in [0.29, 0.717) is 0 Å². The van der Waals surface area contributed by atoms with E-state index in [1.165, 1.54) is 36.5 Å². The zero-order valence-corrected chi connectivity index (χ0v) is 28.4.